The summed E-state index contributed by atoms with van der Waals surface area (Å²) in [5.41, 5.74) is 4.38. The maximum absolute atomic E-state index is 13.0. The van der Waals surface area contributed by atoms with Crippen LogP contribution in [0.2, 0.25) is 0 Å². The maximum atomic E-state index is 13.0. The van der Waals surface area contributed by atoms with E-state index in [4.69, 9.17) is 9.25 Å². The van der Waals surface area contributed by atoms with Crippen LogP contribution in [0.1, 0.15) is 60.1 Å². The Labute approximate surface area is 213 Å². The van der Waals surface area contributed by atoms with Gasteiger partial charge in [-0.1, -0.05) is 27.2 Å². The van der Waals surface area contributed by atoms with Crippen LogP contribution in [0.15, 0.2) is 39.8 Å². The van der Waals surface area contributed by atoms with Crippen molar-refractivity contribution in [2.24, 2.45) is 7.05 Å². The van der Waals surface area contributed by atoms with Crippen LogP contribution in [0.5, 0.6) is 0 Å². The number of carbonyl (C=O) groups excluding carboxylic acids is 1. The molecule has 0 unspecified atom stereocenters. The average Bonchev–Trinajstić information content (AvgIpc) is 3.28. The zero-order chi connectivity index (χ0) is 26.9. The molecular formula is C27H41N5O4. The van der Waals surface area contributed by atoms with Gasteiger partial charge in [0.25, 0.3) is 5.56 Å². The van der Waals surface area contributed by atoms with Gasteiger partial charge in [0.05, 0.1) is 18.0 Å². The van der Waals surface area contributed by atoms with E-state index in [9.17, 15) is 9.59 Å². The van der Waals surface area contributed by atoms with Gasteiger partial charge in [0.15, 0.2) is 0 Å². The molecule has 0 aliphatic rings. The molecule has 2 N–H and O–H groups in total. The Morgan fingerprint density at radius 1 is 1.22 bits per heavy atom. The fourth-order valence-electron chi connectivity index (χ4n) is 3.98. The molecule has 0 saturated carbocycles. The van der Waals surface area contributed by atoms with Crippen molar-refractivity contribution in [3.8, 4) is 11.1 Å². The molecule has 3 rings (SSSR count). The number of pyridine rings is 2. The summed E-state index contributed by atoms with van der Waals surface area (Å²) in [6.45, 7) is 14.3. The number of amides is 1. The van der Waals surface area contributed by atoms with Gasteiger partial charge in [-0.2, -0.15) is 0 Å². The first-order valence-electron chi connectivity index (χ1n) is 12.5. The van der Waals surface area contributed by atoms with E-state index in [0.29, 0.717) is 29.1 Å². The highest BCUT2D eigenvalue weighted by molar-refractivity contribution is 5.93. The van der Waals surface area contributed by atoms with E-state index in [0.717, 1.165) is 30.6 Å². The summed E-state index contributed by atoms with van der Waals surface area (Å²) in [7, 11) is 3.32. The first-order chi connectivity index (χ1) is 17.1. The Hall–Kier alpha value is -3.01. The van der Waals surface area contributed by atoms with Gasteiger partial charge < -0.3 is 19.1 Å². The van der Waals surface area contributed by atoms with Crippen LogP contribution in [0.25, 0.3) is 22.1 Å². The predicted molar refractivity (Wildman–Crippen MR) is 145 cm³/mol. The molecule has 0 aliphatic carbocycles. The summed E-state index contributed by atoms with van der Waals surface area (Å²) in [4.78, 5) is 35.9. The zero-order valence-corrected chi connectivity index (χ0v) is 22.9. The van der Waals surface area contributed by atoms with E-state index in [1.54, 1.807) is 37.2 Å². The predicted octanol–water partition coefficient (Wildman–Crippen LogP) is 4.67. The number of hydrogen-bond acceptors (Lipinski definition) is 7. The summed E-state index contributed by atoms with van der Waals surface area (Å²) < 4.78 is 7.94. The summed E-state index contributed by atoms with van der Waals surface area (Å²) >= 11 is 0. The topological polar surface area (TPSA) is 102 Å². The average molecular weight is 500 g/mol. The summed E-state index contributed by atoms with van der Waals surface area (Å²) in [6.07, 6.45) is 5.61. The molecule has 0 aliphatic heterocycles. The number of rotatable bonds is 10. The first kappa shape index (κ1) is 29.2. The van der Waals surface area contributed by atoms with Gasteiger partial charge in [-0.3, -0.25) is 14.5 Å². The monoisotopic (exact) mass is 499 g/mol. The number of anilines is 1. The largest absolute Gasteiger partial charge is 0.458 e. The third kappa shape index (κ3) is 7.02. The van der Waals surface area contributed by atoms with Gasteiger partial charge in [-0.15, -0.1) is 0 Å². The molecule has 0 fully saturated rings. The highest BCUT2D eigenvalue weighted by Gasteiger charge is 2.32. The molecule has 0 bridgehead atoms. The van der Waals surface area contributed by atoms with Crippen LogP contribution in [0.4, 0.5) is 5.82 Å². The lowest BCUT2D eigenvalue weighted by Crippen LogP contribution is -2.45. The van der Waals surface area contributed by atoms with Gasteiger partial charge in [0.1, 0.15) is 17.2 Å². The van der Waals surface area contributed by atoms with E-state index in [1.807, 2.05) is 12.1 Å². The van der Waals surface area contributed by atoms with Gasteiger partial charge >= 0.3 is 0 Å². The molecule has 0 atom stereocenters. The lowest BCUT2D eigenvalue weighted by molar-refractivity contribution is -0.114. The number of nitrogens with one attached hydrogen (secondary N) is 2. The number of carbonyl (C=O) groups is 1. The van der Waals surface area contributed by atoms with Crippen LogP contribution in [-0.2, 0) is 22.2 Å². The number of aryl methyl sites for hydroxylation is 1. The minimum atomic E-state index is -0.452. The molecule has 9 nitrogen and oxygen atoms in total. The van der Waals surface area contributed by atoms with Crippen LogP contribution in [-0.4, -0.2) is 47.1 Å². The van der Waals surface area contributed by atoms with E-state index < -0.39 is 5.54 Å². The molecular weight excluding hydrogens is 458 g/mol. The lowest BCUT2D eigenvalue weighted by Gasteiger charge is -2.37. The Balaban J connectivity index is 0.00000145. The number of hydrogen-bond donors (Lipinski definition) is 2. The molecule has 3 aromatic heterocycles. The molecule has 9 heteroatoms. The second-order valence-corrected chi connectivity index (χ2v) is 9.27. The second-order valence-electron chi connectivity index (χ2n) is 9.27. The highest BCUT2D eigenvalue weighted by atomic mass is 16.6. The Kier molecular flexibility index (Phi) is 10.8. The molecule has 3 heterocycles. The van der Waals surface area contributed by atoms with Crippen molar-refractivity contribution in [3.63, 3.8) is 0 Å². The molecule has 1 amide bonds. The minimum absolute atomic E-state index is 0.126. The van der Waals surface area contributed by atoms with Crippen molar-refractivity contribution in [3.05, 3.63) is 46.7 Å². The van der Waals surface area contributed by atoms with Crippen LogP contribution < -0.4 is 16.4 Å². The SMILES string of the molecule is CCC.CCCN(CCNOC)C(C)(C)c1cc2c(=O)n(C)cc(-c3ccnc(NC(C)=O)c3)c2o1. The van der Waals surface area contributed by atoms with E-state index in [1.165, 1.54) is 13.3 Å². The fraction of sp³-hybridized carbons (Fsp3) is 0.519. The first-order valence-corrected chi connectivity index (χ1v) is 12.5. The number of fused-ring (bicyclic) bond motifs is 1. The third-order valence-electron chi connectivity index (χ3n) is 5.74. The van der Waals surface area contributed by atoms with Crippen molar-refractivity contribution >= 4 is 22.7 Å². The normalized spacial score (nSPS) is 11.5. The molecule has 198 valence electrons. The molecule has 3 aromatic rings. The minimum Gasteiger partial charge on any atom is -0.458 e. The lowest BCUT2D eigenvalue weighted by atomic mass is 9.98. The van der Waals surface area contributed by atoms with Crippen molar-refractivity contribution in [2.75, 3.05) is 32.1 Å². The molecule has 0 radical (unpaired) electrons. The van der Waals surface area contributed by atoms with Gasteiger partial charge in [0.2, 0.25) is 5.91 Å². The quantitative estimate of drug-likeness (QED) is 0.309. The second kappa shape index (κ2) is 13.3. The van der Waals surface area contributed by atoms with Crippen LogP contribution in [0.3, 0.4) is 0 Å². The van der Waals surface area contributed by atoms with Crippen molar-refractivity contribution in [1.29, 1.82) is 0 Å². The molecule has 0 spiro atoms. The Bertz CT molecular complexity index is 1200. The van der Waals surface area contributed by atoms with E-state index >= 15 is 0 Å². The van der Waals surface area contributed by atoms with Crippen molar-refractivity contribution in [1.82, 2.24) is 19.9 Å². The molecule has 36 heavy (non-hydrogen) atoms. The zero-order valence-electron chi connectivity index (χ0n) is 22.9. The van der Waals surface area contributed by atoms with E-state index in [-0.39, 0.29) is 11.5 Å². The standard InChI is InChI=1S/C24H33N5O4.C3H8/c1-7-11-29(12-10-26-32-6)24(3,4)20-14-18-22(33-20)19(15-28(5)23(18)31)17-8-9-25-21(13-17)27-16(2)30;1-3-2/h8-9,13-15,26H,7,10-12H2,1-6H3,(H,25,27,30);3H2,1-2H3. The number of nitrogens with zero attached hydrogens (tertiary/aromatic N) is 3. The van der Waals surface area contributed by atoms with Crippen LogP contribution >= 0.6 is 0 Å². The summed E-state index contributed by atoms with van der Waals surface area (Å²) in [5.74, 6) is 0.948. The Morgan fingerprint density at radius 3 is 2.53 bits per heavy atom. The molecule has 0 saturated heterocycles. The highest BCUT2D eigenvalue weighted by Crippen LogP contribution is 2.36. The number of aromatic nitrogens is 2. The fourth-order valence-corrected chi connectivity index (χ4v) is 3.98. The van der Waals surface area contributed by atoms with Crippen molar-refractivity contribution < 1.29 is 14.0 Å². The maximum Gasteiger partial charge on any atom is 0.261 e. The van der Waals surface area contributed by atoms with Gasteiger partial charge in [-0.25, -0.2) is 10.5 Å². The van der Waals surface area contributed by atoms with Gasteiger partial charge in [0, 0.05) is 45.0 Å². The summed E-state index contributed by atoms with van der Waals surface area (Å²) in [6, 6.07) is 5.45. The van der Waals surface area contributed by atoms with Crippen molar-refractivity contribution in [2.45, 2.75) is 59.9 Å². The van der Waals surface area contributed by atoms with Crippen LogP contribution in [0, 0.1) is 0 Å². The molecule has 0 aromatic carbocycles. The third-order valence-corrected chi connectivity index (χ3v) is 5.74. The summed E-state index contributed by atoms with van der Waals surface area (Å²) in [5, 5.41) is 3.22. The smallest absolute Gasteiger partial charge is 0.261 e. The number of hydroxylamine groups is 1. The number of furan rings is 1. The van der Waals surface area contributed by atoms with Gasteiger partial charge in [-0.05, 0) is 50.6 Å². The Morgan fingerprint density at radius 2 is 1.92 bits per heavy atom. The van der Waals surface area contributed by atoms with E-state index in [2.05, 4.69) is 55.3 Å².